The average Bonchev–Trinajstić information content (AvgIpc) is 3.62. The van der Waals surface area contributed by atoms with Crippen LogP contribution in [0.2, 0.25) is 0 Å². The first-order chi connectivity index (χ1) is 16.2. The minimum Gasteiger partial charge on any atom is -0.394 e. The number of aliphatic hydroxyl groups excluding tert-OH is 1. The van der Waals surface area contributed by atoms with Crippen LogP contribution < -0.4 is 10.6 Å². The van der Waals surface area contributed by atoms with Gasteiger partial charge in [0.25, 0.3) is 0 Å². The molecule has 1 unspecified atom stereocenters. The minimum absolute atomic E-state index is 0.0407. The summed E-state index contributed by atoms with van der Waals surface area (Å²) in [4.78, 5) is 14.2. The molecule has 0 spiro atoms. The Hall–Kier alpha value is -2.97. The fourth-order valence-electron chi connectivity index (χ4n) is 4.44. The number of aliphatic hydroxyl groups is 1. The van der Waals surface area contributed by atoms with Crippen molar-refractivity contribution in [2.24, 2.45) is 0 Å². The molecule has 0 amide bonds. The number of aromatic nitrogens is 4. The summed E-state index contributed by atoms with van der Waals surface area (Å²) in [6.07, 6.45) is 7.50. The highest BCUT2D eigenvalue weighted by atomic mass is 32.1. The Morgan fingerprint density at radius 3 is 2.64 bits per heavy atom. The molecule has 0 radical (unpaired) electrons. The van der Waals surface area contributed by atoms with Crippen molar-refractivity contribution in [3.63, 3.8) is 0 Å². The molecule has 4 aromatic rings. The van der Waals surface area contributed by atoms with Crippen molar-refractivity contribution in [2.75, 3.05) is 17.2 Å². The molecule has 3 aromatic heterocycles. The van der Waals surface area contributed by atoms with E-state index >= 15 is 0 Å². The third kappa shape index (κ3) is 4.72. The molecule has 1 aromatic carbocycles. The monoisotopic (exact) mass is 462 g/mol. The summed E-state index contributed by atoms with van der Waals surface area (Å²) < 4.78 is 2.20. The van der Waals surface area contributed by atoms with Gasteiger partial charge in [0.2, 0.25) is 5.95 Å². The summed E-state index contributed by atoms with van der Waals surface area (Å²) in [7, 11) is 0. The van der Waals surface area contributed by atoms with Gasteiger partial charge < -0.3 is 20.3 Å². The van der Waals surface area contributed by atoms with Gasteiger partial charge in [-0.25, -0.2) is 4.98 Å². The van der Waals surface area contributed by atoms with Crippen molar-refractivity contribution in [3.8, 4) is 11.1 Å². The van der Waals surface area contributed by atoms with E-state index in [1.165, 1.54) is 29.5 Å². The van der Waals surface area contributed by atoms with Gasteiger partial charge in [-0.2, -0.15) is 21.3 Å². The number of nitrogens with zero attached hydrogens (tertiary/aromatic N) is 4. The van der Waals surface area contributed by atoms with Crippen molar-refractivity contribution in [1.29, 1.82) is 0 Å². The van der Waals surface area contributed by atoms with Crippen LogP contribution in [-0.2, 0) is 6.54 Å². The first kappa shape index (κ1) is 21.9. The summed E-state index contributed by atoms with van der Waals surface area (Å²) in [6.45, 7) is 2.72. The van der Waals surface area contributed by atoms with Crippen LogP contribution in [0.1, 0.15) is 50.6 Å². The van der Waals surface area contributed by atoms with Crippen LogP contribution in [0.15, 0.2) is 47.4 Å². The highest BCUT2D eigenvalue weighted by Gasteiger charge is 2.22. The van der Waals surface area contributed by atoms with Crippen LogP contribution in [0.25, 0.3) is 22.3 Å². The normalized spacial score (nSPS) is 15.2. The summed E-state index contributed by atoms with van der Waals surface area (Å²) in [6, 6.07) is 11.1. The van der Waals surface area contributed by atoms with Crippen molar-refractivity contribution in [3.05, 3.63) is 53.0 Å². The van der Waals surface area contributed by atoms with Crippen LogP contribution >= 0.6 is 11.3 Å². The van der Waals surface area contributed by atoms with Gasteiger partial charge in [-0.1, -0.05) is 44.0 Å². The van der Waals surface area contributed by atoms with E-state index in [0.717, 1.165) is 30.4 Å². The highest BCUT2D eigenvalue weighted by Crippen LogP contribution is 2.33. The van der Waals surface area contributed by atoms with E-state index in [4.69, 9.17) is 9.97 Å². The van der Waals surface area contributed by atoms with E-state index < -0.39 is 0 Å². The fourth-order valence-corrected chi connectivity index (χ4v) is 5.11. The summed E-state index contributed by atoms with van der Waals surface area (Å²) in [5, 5.41) is 20.7. The molecule has 0 aliphatic heterocycles. The molecule has 0 saturated heterocycles. The van der Waals surface area contributed by atoms with E-state index in [2.05, 4.69) is 61.3 Å². The standard InChI is InChI=1S/C25H30N6OS/c1-2-20(14-32)28-25-29-23(22-24(30-25)31(16-27-22)21-5-3-4-6-21)26-13-17-7-9-18(10-8-17)19-11-12-33-15-19/h7-12,15-16,20-21,32H,2-6,13-14H2,1H3,(H2,26,28,29,30). The molecule has 3 heterocycles. The van der Waals surface area contributed by atoms with Gasteiger partial charge >= 0.3 is 0 Å². The number of hydrogen-bond acceptors (Lipinski definition) is 7. The number of fused-ring (bicyclic) bond motifs is 1. The van der Waals surface area contributed by atoms with Crippen LogP contribution in [-0.4, -0.2) is 37.3 Å². The Morgan fingerprint density at radius 2 is 1.94 bits per heavy atom. The van der Waals surface area contributed by atoms with Crippen molar-refractivity contribution in [1.82, 2.24) is 19.5 Å². The zero-order valence-corrected chi connectivity index (χ0v) is 19.7. The topological polar surface area (TPSA) is 87.9 Å². The Labute approximate surface area is 197 Å². The third-order valence-corrected chi connectivity index (χ3v) is 7.14. The van der Waals surface area contributed by atoms with Crippen LogP contribution in [0.4, 0.5) is 11.8 Å². The van der Waals surface area contributed by atoms with Gasteiger partial charge in [-0.05, 0) is 52.8 Å². The molecule has 1 fully saturated rings. The first-order valence-corrected chi connectivity index (χ1v) is 12.7. The summed E-state index contributed by atoms with van der Waals surface area (Å²) in [5.74, 6) is 1.24. The minimum atomic E-state index is -0.0807. The van der Waals surface area contributed by atoms with Gasteiger partial charge in [-0.3, -0.25) is 0 Å². The van der Waals surface area contributed by atoms with Crippen molar-refractivity contribution in [2.45, 2.75) is 57.7 Å². The second-order valence-corrected chi connectivity index (χ2v) is 9.43. The SMILES string of the molecule is CCC(CO)Nc1nc(NCc2ccc(-c3ccsc3)cc2)c2ncn(C3CCCC3)c2n1. The predicted octanol–water partition coefficient (Wildman–Crippen LogP) is 5.46. The zero-order chi connectivity index (χ0) is 22.6. The lowest BCUT2D eigenvalue weighted by Gasteiger charge is -2.17. The Kier molecular flexibility index (Phi) is 6.55. The van der Waals surface area contributed by atoms with Crippen molar-refractivity contribution < 1.29 is 5.11 Å². The Morgan fingerprint density at radius 1 is 1.12 bits per heavy atom. The van der Waals surface area contributed by atoms with Gasteiger partial charge in [-0.15, -0.1) is 0 Å². The number of anilines is 2. The van der Waals surface area contributed by atoms with Crippen LogP contribution in [0, 0.1) is 0 Å². The number of rotatable bonds is 9. The van der Waals surface area contributed by atoms with E-state index in [9.17, 15) is 5.11 Å². The maximum atomic E-state index is 9.65. The second-order valence-electron chi connectivity index (χ2n) is 8.65. The highest BCUT2D eigenvalue weighted by molar-refractivity contribution is 7.08. The maximum absolute atomic E-state index is 9.65. The average molecular weight is 463 g/mol. The molecule has 1 saturated carbocycles. The number of thiophene rings is 1. The molecular weight excluding hydrogens is 432 g/mol. The van der Waals surface area contributed by atoms with Crippen LogP contribution in [0.3, 0.4) is 0 Å². The molecular formula is C25H30N6OS. The Balaban J connectivity index is 1.41. The smallest absolute Gasteiger partial charge is 0.227 e. The van der Waals surface area contributed by atoms with Gasteiger partial charge in [0.15, 0.2) is 17.0 Å². The van der Waals surface area contributed by atoms with E-state index in [1.807, 2.05) is 13.3 Å². The zero-order valence-electron chi connectivity index (χ0n) is 18.9. The fraction of sp³-hybridized carbons (Fsp3) is 0.400. The molecule has 5 rings (SSSR count). The summed E-state index contributed by atoms with van der Waals surface area (Å²) >= 11 is 1.71. The second kappa shape index (κ2) is 9.89. The molecule has 8 heteroatoms. The van der Waals surface area contributed by atoms with E-state index in [-0.39, 0.29) is 12.6 Å². The molecule has 3 N–H and O–H groups in total. The molecule has 1 aliphatic rings. The number of hydrogen-bond donors (Lipinski definition) is 3. The molecule has 0 bridgehead atoms. The predicted molar refractivity (Wildman–Crippen MR) is 135 cm³/mol. The molecule has 172 valence electrons. The molecule has 1 atom stereocenters. The lowest BCUT2D eigenvalue weighted by molar-refractivity contribution is 0.271. The third-order valence-electron chi connectivity index (χ3n) is 6.45. The Bertz CT molecular complexity index is 1180. The molecule has 33 heavy (non-hydrogen) atoms. The molecule has 7 nitrogen and oxygen atoms in total. The van der Waals surface area contributed by atoms with Gasteiger partial charge in [0.1, 0.15) is 0 Å². The van der Waals surface area contributed by atoms with E-state index in [1.54, 1.807) is 11.3 Å². The van der Waals surface area contributed by atoms with Gasteiger partial charge in [0, 0.05) is 12.6 Å². The van der Waals surface area contributed by atoms with Gasteiger partial charge in [0.05, 0.1) is 19.0 Å². The quantitative estimate of drug-likeness (QED) is 0.306. The number of imidazole rings is 1. The number of nitrogens with one attached hydrogen (secondary N) is 2. The maximum Gasteiger partial charge on any atom is 0.227 e. The lowest BCUT2D eigenvalue weighted by Crippen LogP contribution is -2.24. The largest absolute Gasteiger partial charge is 0.394 e. The molecule has 1 aliphatic carbocycles. The summed E-state index contributed by atoms with van der Waals surface area (Å²) in [5.41, 5.74) is 5.29. The lowest BCUT2D eigenvalue weighted by atomic mass is 10.1. The first-order valence-electron chi connectivity index (χ1n) is 11.7. The van der Waals surface area contributed by atoms with Crippen LogP contribution in [0.5, 0.6) is 0 Å². The number of benzene rings is 1. The van der Waals surface area contributed by atoms with Crippen molar-refractivity contribution >= 4 is 34.3 Å². The van der Waals surface area contributed by atoms with E-state index in [0.29, 0.717) is 24.4 Å².